The normalized spacial score (nSPS) is 10.9. The SMILES string of the molecule is Clc1ccc2nc(NCc3ccccc3)n(-c3ccccc3)c2c1. The quantitative estimate of drug-likeness (QED) is 0.550. The van der Waals surface area contributed by atoms with Crippen molar-refractivity contribution in [2.75, 3.05) is 5.32 Å². The fourth-order valence-corrected chi connectivity index (χ4v) is 2.95. The zero-order valence-corrected chi connectivity index (χ0v) is 13.7. The van der Waals surface area contributed by atoms with Gasteiger partial charge in [-0.3, -0.25) is 4.57 Å². The number of nitrogens with one attached hydrogen (secondary N) is 1. The van der Waals surface area contributed by atoms with E-state index in [1.165, 1.54) is 5.56 Å². The van der Waals surface area contributed by atoms with E-state index >= 15 is 0 Å². The molecule has 4 aromatic rings. The van der Waals surface area contributed by atoms with E-state index in [0.29, 0.717) is 11.6 Å². The summed E-state index contributed by atoms with van der Waals surface area (Å²) >= 11 is 6.20. The number of hydrogen-bond acceptors (Lipinski definition) is 2. The van der Waals surface area contributed by atoms with E-state index < -0.39 is 0 Å². The average Bonchev–Trinajstić information content (AvgIpc) is 2.99. The van der Waals surface area contributed by atoms with Gasteiger partial charge in [-0.1, -0.05) is 60.1 Å². The first-order valence-corrected chi connectivity index (χ1v) is 8.20. The number of rotatable bonds is 4. The Hall–Kier alpha value is -2.78. The van der Waals surface area contributed by atoms with Crippen molar-refractivity contribution < 1.29 is 0 Å². The van der Waals surface area contributed by atoms with Gasteiger partial charge in [0, 0.05) is 17.3 Å². The molecule has 1 aromatic heterocycles. The maximum Gasteiger partial charge on any atom is 0.208 e. The second-order valence-corrected chi connectivity index (χ2v) is 6.01. The van der Waals surface area contributed by atoms with E-state index in [1.807, 2.05) is 54.6 Å². The molecule has 0 bridgehead atoms. The number of halogens is 1. The molecule has 3 nitrogen and oxygen atoms in total. The molecule has 0 aliphatic heterocycles. The van der Waals surface area contributed by atoms with Crippen LogP contribution in [-0.4, -0.2) is 9.55 Å². The molecule has 1 heterocycles. The Bertz CT molecular complexity index is 962. The van der Waals surface area contributed by atoms with Crippen LogP contribution in [0.15, 0.2) is 78.9 Å². The zero-order valence-electron chi connectivity index (χ0n) is 13.0. The number of hydrogen-bond donors (Lipinski definition) is 1. The fourth-order valence-electron chi connectivity index (χ4n) is 2.78. The molecule has 0 saturated carbocycles. The summed E-state index contributed by atoms with van der Waals surface area (Å²) in [5, 5.41) is 4.15. The van der Waals surface area contributed by atoms with Crippen molar-refractivity contribution in [2.24, 2.45) is 0 Å². The highest BCUT2D eigenvalue weighted by molar-refractivity contribution is 6.31. The first kappa shape index (κ1) is 14.8. The van der Waals surface area contributed by atoms with Gasteiger partial charge in [-0.2, -0.15) is 0 Å². The van der Waals surface area contributed by atoms with Gasteiger partial charge < -0.3 is 5.32 Å². The highest BCUT2D eigenvalue weighted by atomic mass is 35.5. The molecule has 0 unspecified atom stereocenters. The van der Waals surface area contributed by atoms with Crippen LogP contribution in [0.2, 0.25) is 5.02 Å². The van der Waals surface area contributed by atoms with E-state index in [4.69, 9.17) is 16.6 Å². The molecule has 4 rings (SSSR count). The summed E-state index contributed by atoms with van der Waals surface area (Å²) in [4.78, 5) is 4.74. The minimum atomic E-state index is 0.703. The molecule has 0 saturated heterocycles. The van der Waals surface area contributed by atoms with Gasteiger partial charge in [0.15, 0.2) is 0 Å². The van der Waals surface area contributed by atoms with Crippen molar-refractivity contribution in [3.8, 4) is 5.69 Å². The number of imidazole rings is 1. The third kappa shape index (κ3) is 2.86. The second kappa shape index (κ2) is 6.38. The van der Waals surface area contributed by atoms with Gasteiger partial charge in [0.2, 0.25) is 5.95 Å². The number of para-hydroxylation sites is 1. The van der Waals surface area contributed by atoms with Crippen LogP contribution in [0.4, 0.5) is 5.95 Å². The lowest BCUT2D eigenvalue weighted by Crippen LogP contribution is -2.06. The molecular weight excluding hydrogens is 318 g/mol. The number of nitrogens with zero attached hydrogens (tertiary/aromatic N) is 2. The number of benzene rings is 3. The summed E-state index contributed by atoms with van der Waals surface area (Å²) in [5.41, 5.74) is 4.17. The fraction of sp³-hybridized carbons (Fsp3) is 0.0500. The highest BCUT2D eigenvalue weighted by Crippen LogP contribution is 2.27. The summed E-state index contributed by atoms with van der Waals surface area (Å²) in [6.07, 6.45) is 0. The lowest BCUT2D eigenvalue weighted by molar-refractivity contribution is 1.02. The van der Waals surface area contributed by atoms with Crippen molar-refractivity contribution in [3.05, 3.63) is 89.4 Å². The largest absolute Gasteiger partial charge is 0.351 e. The summed E-state index contributed by atoms with van der Waals surface area (Å²) in [6, 6.07) is 26.2. The molecule has 118 valence electrons. The summed E-state index contributed by atoms with van der Waals surface area (Å²) in [7, 11) is 0. The minimum Gasteiger partial charge on any atom is -0.351 e. The number of fused-ring (bicyclic) bond motifs is 1. The van der Waals surface area contributed by atoms with Crippen LogP contribution in [0.5, 0.6) is 0 Å². The Morgan fingerprint density at radius 2 is 1.58 bits per heavy atom. The Morgan fingerprint density at radius 3 is 2.33 bits per heavy atom. The van der Waals surface area contributed by atoms with Gasteiger partial charge in [-0.15, -0.1) is 0 Å². The van der Waals surface area contributed by atoms with Gasteiger partial charge in [0.25, 0.3) is 0 Å². The average molecular weight is 334 g/mol. The van der Waals surface area contributed by atoms with Gasteiger partial charge >= 0.3 is 0 Å². The van der Waals surface area contributed by atoms with E-state index in [0.717, 1.165) is 22.7 Å². The van der Waals surface area contributed by atoms with Gasteiger partial charge in [-0.05, 0) is 35.9 Å². The molecule has 0 aliphatic rings. The predicted octanol–water partition coefficient (Wildman–Crippen LogP) is 5.29. The van der Waals surface area contributed by atoms with Crippen LogP contribution in [0.25, 0.3) is 16.7 Å². The van der Waals surface area contributed by atoms with Crippen molar-refractivity contribution in [1.29, 1.82) is 0 Å². The molecule has 0 spiro atoms. The van der Waals surface area contributed by atoms with Crippen LogP contribution in [0.3, 0.4) is 0 Å². The second-order valence-electron chi connectivity index (χ2n) is 5.58. The van der Waals surface area contributed by atoms with Crippen LogP contribution in [0, 0.1) is 0 Å². The molecule has 1 N–H and O–H groups in total. The van der Waals surface area contributed by atoms with Crippen LogP contribution < -0.4 is 5.32 Å². The predicted molar refractivity (Wildman–Crippen MR) is 99.8 cm³/mol. The van der Waals surface area contributed by atoms with Crippen molar-refractivity contribution in [3.63, 3.8) is 0 Å². The van der Waals surface area contributed by atoms with E-state index in [-0.39, 0.29) is 0 Å². The third-order valence-corrected chi connectivity index (χ3v) is 4.16. The number of aromatic nitrogens is 2. The summed E-state index contributed by atoms with van der Waals surface area (Å²) in [6.45, 7) is 0.713. The van der Waals surface area contributed by atoms with E-state index in [1.54, 1.807) is 0 Å². The lowest BCUT2D eigenvalue weighted by Gasteiger charge is -2.11. The van der Waals surface area contributed by atoms with Crippen molar-refractivity contribution in [1.82, 2.24) is 9.55 Å². The first-order chi connectivity index (χ1) is 11.8. The maximum atomic E-state index is 6.20. The topological polar surface area (TPSA) is 29.9 Å². The Morgan fingerprint density at radius 1 is 0.875 bits per heavy atom. The minimum absolute atomic E-state index is 0.703. The lowest BCUT2D eigenvalue weighted by atomic mass is 10.2. The van der Waals surface area contributed by atoms with Gasteiger partial charge in [0.05, 0.1) is 11.0 Å². The highest BCUT2D eigenvalue weighted by Gasteiger charge is 2.12. The molecule has 0 aliphatic carbocycles. The van der Waals surface area contributed by atoms with Crippen LogP contribution >= 0.6 is 11.6 Å². The van der Waals surface area contributed by atoms with E-state index in [2.05, 4.69) is 34.1 Å². The standard InChI is InChI=1S/C20H16ClN3/c21-16-11-12-18-19(13-16)24(17-9-5-2-6-10-17)20(23-18)22-14-15-7-3-1-4-8-15/h1-13H,14H2,(H,22,23). The molecule has 0 atom stereocenters. The molecule has 0 radical (unpaired) electrons. The van der Waals surface area contributed by atoms with Crippen LogP contribution in [-0.2, 0) is 6.54 Å². The molecule has 0 fully saturated rings. The monoisotopic (exact) mass is 333 g/mol. The number of anilines is 1. The molecule has 24 heavy (non-hydrogen) atoms. The molecule has 3 aromatic carbocycles. The Balaban J connectivity index is 1.79. The first-order valence-electron chi connectivity index (χ1n) is 7.82. The smallest absolute Gasteiger partial charge is 0.208 e. The van der Waals surface area contributed by atoms with Crippen molar-refractivity contribution in [2.45, 2.75) is 6.54 Å². The molecule has 4 heteroatoms. The molecular formula is C20H16ClN3. The maximum absolute atomic E-state index is 6.20. The van der Waals surface area contributed by atoms with E-state index in [9.17, 15) is 0 Å². The summed E-state index contributed by atoms with van der Waals surface area (Å²) in [5.74, 6) is 0.808. The van der Waals surface area contributed by atoms with Crippen molar-refractivity contribution >= 4 is 28.6 Å². The third-order valence-electron chi connectivity index (χ3n) is 3.92. The molecule has 0 amide bonds. The van der Waals surface area contributed by atoms with Crippen LogP contribution in [0.1, 0.15) is 5.56 Å². The van der Waals surface area contributed by atoms with Gasteiger partial charge in [-0.25, -0.2) is 4.98 Å². The Labute approximate surface area is 145 Å². The zero-order chi connectivity index (χ0) is 16.4. The van der Waals surface area contributed by atoms with Gasteiger partial charge in [0.1, 0.15) is 0 Å². The summed E-state index contributed by atoms with van der Waals surface area (Å²) < 4.78 is 2.10. The Kier molecular flexibility index (Phi) is 3.93.